The van der Waals surface area contributed by atoms with E-state index in [0.29, 0.717) is 17.1 Å². The van der Waals surface area contributed by atoms with E-state index in [-0.39, 0.29) is 16.3 Å². The van der Waals surface area contributed by atoms with Crippen LogP contribution in [0.2, 0.25) is 0 Å². The number of carbonyl (C=O) groups excluding carboxylic acids is 1. The normalized spacial score (nSPS) is 11.4. The Balaban J connectivity index is 1.62. The lowest BCUT2D eigenvalue weighted by Crippen LogP contribution is -2.21. The molecule has 7 nitrogen and oxygen atoms in total. The summed E-state index contributed by atoms with van der Waals surface area (Å²) in [7, 11) is -4.02. The van der Waals surface area contributed by atoms with E-state index < -0.39 is 27.8 Å². The number of para-hydroxylation sites is 2. The average Bonchev–Trinajstić information content (AvgIpc) is 2.85. The van der Waals surface area contributed by atoms with Gasteiger partial charge in [0.25, 0.3) is 10.0 Å². The number of benzene rings is 4. The van der Waals surface area contributed by atoms with Gasteiger partial charge >= 0.3 is 12.2 Å². The third-order valence-electron chi connectivity index (χ3n) is 5.08. The zero-order valence-corrected chi connectivity index (χ0v) is 19.9. The van der Waals surface area contributed by atoms with Crippen molar-refractivity contribution in [3.05, 3.63) is 109 Å². The van der Waals surface area contributed by atoms with Gasteiger partial charge in [0.1, 0.15) is 0 Å². The summed E-state index contributed by atoms with van der Waals surface area (Å²) in [6.07, 6.45) is -4.57. The maximum Gasteiger partial charge on any atom is 0.416 e. The third kappa shape index (κ3) is 6.79. The largest absolute Gasteiger partial charge is 0.416 e. The van der Waals surface area contributed by atoms with E-state index in [0.717, 1.165) is 12.1 Å². The van der Waals surface area contributed by atoms with Crippen LogP contribution in [0.5, 0.6) is 0 Å². The van der Waals surface area contributed by atoms with Gasteiger partial charge in [-0.05, 0) is 60.7 Å². The minimum Gasteiger partial charge on any atom is -0.354 e. The van der Waals surface area contributed by atoms with Crippen LogP contribution in [0.3, 0.4) is 0 Å². The minimum absolute atomic E-state index is 0.0839. The second kappa shape index (κ2) is 10.6. The van der Waals surface area contributed by atoms with Crippen LogP contribution in [0.1, 0.15) is 5.56 Å². The molecule has 0 radical (unpaired) electrons. The first kappa shape index (κ1) is 25.6. The number of nitrogens with one attached hydrogen (secondary N) is 4. The molecule has 0 aromatic heterocycles. The van der Waals surface area contributed by atoms with Crippen molar-refractivity contribution < 1.29 is 26.4 Å². The van der Waals surface area contributed by atoms with Crippen LogP contribution in [0.15, 0.2) is 108 Å². The van der Waals surface area contributed by atoms with Crippen molar-refractivity contribution in [2.75, 3.05) is 20.7 Å². The molecule has 0 saturated carbocycles. The molecule has 11 heteroatoms. The average molecular weight is 527 g/mol. The lowest BCUT2D eigenvalue weighted by Gasteiger charge is -2.16. The van der Waals surface area contributed by atoms with E-state index >= 15 is 0 Å². The van der Waals surface area contributed by atoms with E-state index in [9.17, 15) is 26.4 Å². The topological polar surface area (TPSA) is 99.3 Å². The Morgan fingerprint density at radius 1 is 0.649 bits per heavy atom. The highest BCUT2D eigenvalue weighted by molar-refractivity contribution is 7.92. The molecule has 4 aromatic carbocycles. The quantitative estimate of drug-likeness (QED) is 0.211. The number of carbonyl (C=O) groups is 1. The van der Waals surface area contributed by atoms with Gasteiger partial charge in [-0.3, -0.25) is 4.72 Å². The van der Waals surface area contributed by atoms with Gasteiger partial charge in [-0.25, -0.2) is 13.2 Å². The molecule has 0 aliphatic heterocycles. The molecule has 37 heavy (non-hydrogen) atoms. The highest BCUT2D eigenvalue weighted by Crippen LogP contribution is 2.32. The number of urea groups is 1. The molecule has 2 amide bonds. The van der Waals surface area contributed by atoms with Gasteiger partial charge in [0.15, 0.2) is 0 Å². The minimum atomic E-state index is -4.57. The second-order valence-corrected chi connectivity index (χ2v) is 9.51. The van der Waals surface area contributed by atoms with Crippen molar-refractivity contribution in [1.82, 2.24) is 0 Å². The summed E-state index contributed by atoms with van der Waals surface area (Å²) in [5, 5.41) is 7.97. The number of amides is 2. The van der Waals surface area contributed by atoms with Crippen molar-refractivity contribution in [3.63, 3.8) is 0 Å². The van der Waals surface area contributed by atoms with Gasteiger partial charge in [-0.1, -0.05) is 42.5 Å². The second-order valence-electron chi connectivity index (χ2n) is 7.83. The fourth-order valence-electron chi connectivity index (χ4n) is 3.36. The van der Waals surface area contributed by atoms with Crippen LogP contribution in [0.25, 0.3) is 0 Å². The lowest BCUT2D eigenvalue weighted by atomic mass is 10.2. The molecule has 0 saturated heterocycles. The number of anilines is 5. The summed E-state index contributed by atoms with van der Waals surface area (Å²) in [5.41, 5.74) is 0.470. The number of rotatable bonds is 7. The molecular formula is C26H21F3N4O3S. The Kier molecular flexibility index (Phi) is 7.35. The van der Waals surface area contributed by atoms with Crippen molar-refractivity contribution in [2.24, 2.45) is 0 Å². The zero-order valence-electron chi connectivity index (χ0n) is 19.1. The van der Waals surface area contributed by atoms with Crippen LogP contribution in [-0.2, 0) is 16.2 Å². The first-order valence-corrected chi connectivity index (χ1v) is 12.4. The van der Waals surface area contributed by atoms with Crippen LogP contribution >= 0.6 is 0 Å². The predicted molar refractivity (Wildman–Crippen MR) is 138 cm³/mol. The molecule has 4 N–H and O–H groups in total. The van der Waals surface area contributed by atoms with Gasteiger partial charge < -0.3 is 16.0 Å². The smallest absolute Gasteiger partial charge is 0.354 e. The molecule has 0 fully saturated rings. The summed E-state index contributed by atoms with van der Waals surface area (Å²) in [5.74, 6) is 0. The number of halogens is 3. The predicted octanol–water partition coefficient (Wildman–Crippen LogP) is 6.89. The Hall–Kier alpha value is -4.51. The third-order valence-corrected chi connectivity index (χ3v) is 6.46. The fourth-order valence-corrected chi connectivity index (χ4v) is 4.44. The zero-order chi connectivity index (χ0) is 26.5. The van der Waals surface area contributed by atoms with Crippen LogP contribution in [-0.4, -0.2) is 14.4 Å². The van der Waals surface area contributed by atoms with Crippen molar-refractivity contribution in [1.29, 1.82) is 0 Å². The molecule has 0 spiro atoms. The molecule has 0 bridgehead atoms. The Morgan fingerprint density at radius 2 is 1.27 bits per heavy atom. The van der Waals surface area contributed by atoms with E-state index in [1.54, 1.807) is 54.6 Å². The molecule has 0 heterocycles. The lowest BCUT2D eigenvalue weighted by molar-refractivity contribution is -0.137. The molecule has 190 valence electrons. The highest BCUT2D eigenvalue weighted by Gasteiger charge is 2.30. The van der Waals surface area contributed by atoms with Gasteiger partial charge in [0.2, 0.25) is 0 Å². The van der Waals surface area contributed by atoms with E-state index in [2.05, 4.69) is 20.7 Å². The Bertz CT molecular complexity index is 1500. The fraction of sp³-hybridized carbons (Fsp3) is 0.0385. The number of hydrogen-bond donors (Lipinski definition) is 4. The molecule has 0 aliphatic rings. The summed E-state index contributed by atoms with van der Waals surface area (Å²) in [6.45, 7) is 0. The van der Waals surface area contributed by atoms with Gasteiger partial charge in [0.05, 0.1) is 21.8 Å². The van der Waals surface area contributed by atoms with E-state index in [1.165, 1.54) is 30.3 Å². The Morgan fingerprint density at radius 3 is 1.92 bits per heavy atom. The first-order valence-electron chi connectivity index (χ1n) is 10.9. The Labute approximate surface area is 211 Å². The summed E-state index contributed by atoms with van der Waals surface area (Å²) in [4.78, 5) is 12.6. The monoisotopic (exact) mass is 526 g/mol. The molecule has 0 unspecified atom stereocenters. The summed E-state index contributed by atoms with van der Waals surface area (Å²) < 4.78 is 67.5. The molecule has 4 rings (SSSR count). The standard InChI is InChI=1S/C26H21F3N4O3S/c27-26(28,29)18-8-7-13-21(16-18)31-25(34)32-24-17-22(37(35,36)33-20-11-5-2-6-12-20)14-15-23(24)30-19-9-3-1-4-10-19/h1-17,30,33H,(H2,31,32,34). The van der Waals surface area contributed by atoms with Gasteiger partial charge in [-0.15, -0.1) is 0 Å². The van der Waals surface area contributed by atoms with Crippen molar-refractivity contribution in [3.8, 4) is 0 Å². The summed E-state index contributed by atoms with van der Waals surface area (Å²) >= 11 is 0. The number of alkyl halides is 3. The number of hydrogen-bond acceptors (Lipinski definition) is 4. The molecule has 0 atom stereocenters. The maximum atomic E-state index is 13.0. The van der Waals surface area contributed by atoms with Crippen LogP contribution in [0.4, 0.5) is 46.4 Å². The van der Waals surface area contributed by atoms with Gasteiger partial charge in [0, 0.05) is 17.1 Å². The van der Waals surface area contributed by atoms with Crippen LogP contribution in [0, 0.1) is 0 Å². The molecule has 4 aromatic rings. The first-order chi connectivity index (χ1) is 17.6. The van der Waals surface area contributed by atoms with Crippen molar-refractivity contribution >= 4 is 44.5 Å². The highest BCUT2D eigenvalue weighted by atomic mass is 32.2. The SMILES string of the molecule is O=C(Nc1cccc(C(F)(F)F)c1)Nc1cc(S(=O)(=O)Nc2ccccc2)ccc1Nc1ccccc1. The van der Waals surface area contributed by atoms with E-state index in [4.69, 9.17) is 0 Å². The summed E-state index contributed by atoms with van der Waals surface area (Å²) in [6, 6.07) is 24.6. The number of sulfonamides is 1. The van der Waals surface area contributed by atoms with Crippen molar-refractivity contribution in [2.45, 2.75) is 11.1 Å². The molecular weight excluding hydrogens is 505 g/mol. The van der Waals surface area contributed by atoms with E-state index in [1.807, 2.05) is 6.07 Å². The maximum absolute atomic E-state index is 13.0. The molecule has 0 aliphatic carbocycles. The van der Waals surface area contributed by atoms with Crippen LogP contribution < -0.4 is 20.7 Å². The van der Waals surface area contributed by atoms with Gasteiger partial charge in [-0.2, -0.15) is 13.2 Å².